The van der Waals surface area contributed by atoms with Crippen LogP contribution in [0.25, 0.3) is 0 Å². The van der Waals surface area contributed by atoms with E-state index in [-0.39, 0.29) is 18.5 Å². The van der Waals surface area contributed by atoms with Crippen LogP contribution < -0.4 is 10.6 Å². The van der Waals surface area contributed by atoms with E-state index in [4.69, 9.17) is 11.6 Å². The second-order valence-corrected chi connectivity index (χ2v) is 7.89. The first-order valence-corrected chi connectivity index (χ1v) is 10.3. The van der Waals surface area contributed by atoms with E-state index in [0.717, 1.165) is 6.07 Å². The molecule has 31 heavy (non-hydrogen) atoms. The van der Waals surface area contributed by atoms with Crippen molar-refractivity contribution >= 4 is 23.4 Å². The lowest BCUT2D eigenvalue weighted by Gasteiger charge is -2.32. The van der Waals surface area contributed by atoms with Crippen LogP contribution in [0.5, 0.6) is 0 Å². The van der Waals surface area contributed by atoms with Gasteiger partial charge < -0.3 is 10.6 Å². The molecule has 1 fully saturated rings. The molecule has 0 atom stereocenters. The normalized spacial score (nSPS) is 15.5. The largest absolute Gasteiger partial charge is 0.416 e. The molecule has 2 amide bonds. The van der Waals surface area contributed by atoms with Gasteiger partial charge in [0, 0.05) is 25.7 Å². The van der Waals surface area contributed by atoms with Gasteiger partial charge in [-0.2, -0.15) is 13.2 Å². The van der Waals surface area contributed by atoms with Crippen molar-refractivity contribution in [2.45, 2.75) is 31.6 Å². The molecule has 0 radical (unpaired) electrons. The maximum atomic E-state index is 12.9. The van der Waals surface area contributed by atoms with E-state index in [2.05, 4.69) is 15.5 Å². The number of alkyl halides is 3. The first kappa shape index (κ1) is 23.1. The zero-order chi connectivity index (χ0) is 22.4. The second-order valence-electron chi connectivity index (χ2n) is 7.48. The number of carbonyl (C=O) groups excluding carboxylic acids is 2. The van der Waals surface area contributed by atoms with Gasteiger partial charge in [0.05, 0.1) is 22.7 Å². The number of benzene rings is 2. The summed E-state index contributed by atoms with van der Waals surface area (Å²) < 4.78 is 38.6. The van der Waals surface area contributed by atoms with Gasteiger partial charge in [0.1, 0.15) is 0 Å². The molecule has 1 saturated heterocycles. The topological polar surface area (TPSA) is 61.4 Å². The number of rotatable bonds is 6. The summed E-state index contributed by atoms with van der Waals surface area (Å²) in [7, 11) is 0. The fourth-order valence-corrected chi connectivity index (χ4v) is 3.74. The van der Waals surface area contributed by atoms with E-state index in [0.29, 0.717) is 48.6 Å². The van der Waals surface area contributed by atoms with Gasteiger partial charge in [0.25, 0.3) is 5.91 Å². The van der Waals surface area contributed by atoms with Crippen LogP contribution in [0.2, 0.25) is 5.02 Å². The molecule has 5 nitrogen and oxygen atoms in total. The Bertz CT molecular complexity index is 928. The molecular formula is C22H23ClF3N3O2. The molecule has 1 aliphatic rings. The van der Waals surface area contributed by atoms with Gasteiger partial charge in [0.2, 0.25) is 5.91 Å². The Balaban J connectivity index is 1.41. The van der Waals surface area contributed by atoms with Gasteiger partial charge >= 0.3 is 6.18 Å². The number of halogens is 4. The third-order valence-electron chi connectivity index (χ3n) is 5.14. The van der Waals surface area contributed by atoms with Gasteiger partial charge in [-0.25, -0.2) is 0 Å². The van der Waals surface area contributed by atoms with Crippen molar-refractivity contribution < 1.29 is 22.8 Å². The van der Waals surface area contributed by atoms with Crippen LogP contribution in [0.3, 0.4) is 0 Å². The Morgan fingerprint density at radius 2 is 1.77 bits per heavy atom. The van der Waals surface area contributed by atoms with Crippen molar-refractivity contribution in [3.8, 4) is 0 Å². The van der Waals surface area contributed by atoms with Crippen LogP contribution in [0.1, 0.15) is 34.3 Å². The quantitative estimate of drug-likeness (QED) is 0.698. The summed E-state index contributed by atoms with van der Waals surface area (Å²) in [6.07, 6.45) is -2.99. The summed E-state index contributed by atoms with van der Waals surface area (Å²) in [5.74, 6) is -0.714. The number of nitrogens with one attached hydrogen (secondary N) is 2. The van der Waals surface area contributed by atoms with E-state index in [1.807, 2.05) is 0 Å². The molecule has 1 heterocycles. The van der Waals surface area contributed by atoms with Crippen LogP contribution in [0, 0.1) is 0 Å². The van der Waals surface area contributed by atoms with Crippen molar-refractivity contribution in [2.75, 3.05) is 19.6 Å². The number of hydrogen-bond acceptors (Lipinski definition) is 3. The standard InChI is InChI=1S/C22H23ClF3N3O2/c23-19-7-2-1-6-18(19)21(31)27-13-20(30)28-17-8-10-29(11-9-17)14-15-4-3-5-16(12-15)22(24,25)26/h1-7,12,17H,8-11,13-14H2,(H,27,31)(H,28,30). The minimum Gasteiger partial charge on any atom is -0.352 e. The fourth-order valence-electron chi connectivity index (χ4n) is 3.52. The molecule has 2 aromatic carbocycles. The van der Waals surface area contributed by atoms with Gasteiger partial charge in [-0.15, -0.1) is 0 Å². The molecule has 0 saturated carbocycles. The lowest BCUT2D eigenvalue weighted by molar-refractivity contribution is -0.137. The van der Waals surface area contributed by atoms with E-state index in [9.17, 15) is 22.8 Å². The summed E-state index contributed by atoms with van der Waals surface area (Å²) in [5.41, 5.74) is 0.269. The maximum absolute atomic E-state index is 12.9. The molecule has 1 aliphatic heterocycles. The number of piperidine rings is 1. The summed E-state index contributed by atoms with van der Waals surface area (Å²) in [4.78, 5) is 26.3. The maximum Gasteiger partial charge on any atom is 0.416 e. The van der Waals surface area contributed by atoms with Gasteiger partial charge in [0.15, 0.2) is 0 Å². The first-order chi connectivity index (χ1) is 14.7. The number of carbonyl (C=O) groups is 2. The summed E-state index contributed by atoms with van der Waals surface area (Å²) in [5, 5.41) is 5.76. The number of nitrogens with zero attached hydrogens (tertiary/aromatic N) is 1. The van der Waals surface area contributed by atoms with Gasteiger partial charge in [-0.1, -0.05) is 41.9 Å². The fraction of sp³-hybridized carbons (Fsp3) is 0.364. The second kappa shape index (κ2) is 10.2. The summed E-state index contributed by atoms with van der Waals surface area (Å²) in [6.45, 7) is 1.59. The predicted octanol–water partition coefficient (Wildman–Crippen LogP) is 3.87. The molecule has 0 aromatic heterocycles. The lowest BCUT2D eigenvalue weighted by Crippen LogP contribution is -2.47. The van der Waals surface area contributed by atoms with Crippen LogP contribution in [0.4, 0.5) is 13.2 Å². The summed E-state index contributed by atoms with van der Waals surface area (Å²) >= 11 is 5.97. The monoisotopic (exact) mass is 453 g/mol. The van der Waals surface area contributed by atoms with Crippen molar-refractivity contribution in [2.24, 2.45) is 0 Å². The minimum atomic E-state index is -4.35. The average molecular weight is 454 g/mol. The Labute approximate surface area is 183 Å². The van der Waals surface area contributed by atoms with Crippen molar-refractivity contribution in [3.05, 3.63) is 70.2 Å². The number of likely N-dealkylation sites (tertiary alicyclic amines) is 1. The third-order valence-corrected chi connectivity index (χ3v) is 5.47. The molecule has 0 aliphatic carbocycles. The molecule has 0 spiro atoms. The molecule has 2 N–H and O–H groups in total. The van der Waals surface area contributed by atoms with E-state index >= 15 is 0 Å². The highest BCUT2D eigenvalue weighted by Crippen LogP contribution is 2.30. The SMILES string of the molecule is O=C(CNC(=O)c1ccccc1Cl)NC1CCN(Cc2cccc(C(F)(F)F)c2)CC1. The van der Waals surface area contributed by atoms with Crippen LogP contribution in [0.15, 0.2) is 48.5 Å². The number of hydrogen-bond donors (Lipinski definition) is 2. The molecule has 3 rings (SSSR count). The third kappa shape index (κ3) is 6.70. The van der Waals surface area contributed by atoms with Crippen LogP contribution in [-0.4, -0.2) is 42.4 Å². The zero-order valence-corrected chi connectivity index (χ0v) is 17.5. The smallest absolute Gasteiger partial charge is 0.352 e. The van der Waals surface area contributed by atoms with E-state index < -0.39 is 17.6 Å². The van der Waals surface area contributed by atoms with Crippen molar-refractivity contribution in [3.63, 3.8) is 0 Å². The van der Waals surface area contributed by atoms with Crippen LogP contribution >= 0.6 is 11.6 Å². The zero-order valence-electron chi connectivity index (χ0n) is 16.7. The minimum absolute atomic E-state index is 0.0394. The first-order valence-electron chi connectivity index (χ1n) is 9.93. The Morgan fingerprint density at radius 3 is 2.45 bits per heavy atom. The molecular weight excluding hydrogens is 431 g/mol. The molecule has 0 bridgehead atoms. The molecule has 0 unspecified atom stereocenters. The lowest BCUT2D eigenvalue weighted by atomic mass is 10.0. The van der Waals surface area contributed by atoms with Gasteiger partial charge in [-0.3, -0.25) is 14.5 Å². The predicted molar refractivity (Wildman–Crippen MR) is 112 cm³/mol. The van der Waals surface area contributed by atoms with E-state index in [1.54, 1.807) is 30.3 Å². The Kier molecular flexibility index (Phi) is 7.56. The highest BCUT2D eigenvalue weighted by atomic mass is 35.5. The molecule has 9 heteroatoms. The molecule has 166 valence electrons. The van der Waals surface area contributed by atoms with E-state index in [1.165, 1.54) is 12.1 Å². The van der Waals surface area contributed by atoms with Crippen molar-refractivity contribution in [1.82, 2.24) is 15.5 Å². The van der Waals surface area contributed by atoms with Crippen LogP contribution in [-0.2, 0) is 17.5 Å². The molecule has 2 aromatic rings. The summed E-state index contributed by atoms with van der Waals surface area (Å²) in [6, 6.07) is 11.9. The Hall–Kier alpha value is -2.58. The highest BCUT2D eigenvalue weighted by molar-refractivity contribution is 6.33. The van der Waals surface area contributed by atoms with Gasteiger partial charge in [-0.05, 0) is 36.6 Å². The highest BCUT2D eigenvalue weighted by Gasteiger charge is 2.30. The van der Waals surface area contributed by atoms with Crippen molar-refractivity contribution in [1.29, 1.82) is 0 Å². The Morgan fingerprint density at radius 1 is 1.06 bits per heavy atom. The average Bonchev–Trinajstić information content (AvgIpc) is 2.73. The number of amides is 2.